The molecule has 1 fully saturated rings. The second-order valence-electron chi connectivity index (χ2n) is 7.07. The van der Waals surface area contributed by atoms with Crippen molar-refractivity contribution < 1.29 is 13.2 Å². The number of benzene rings is 2. The molecule has 4 rings (SSSR count). The van der Waals surface area contributed by atoms with E-state index in [0.717, 1.165) is 11.1 Å². The van der Waals surface area contributed by atoms with E-state index in [0.29, 0.717) is 36.2 Å². The maximum atomic E-state index is 13.2. The zero-order chi connectivity index (χ0) is 22.4. The maximum absolute atomic E-state index is 13.2. The van der Waals surface area contributed by atoms with E-state index in [4.69, 9.17) is 34.8 Å². The first kappa shape index (κ1) is 22.7. The molecule has 0 unspecified atom stereocenters. The summed E-state index contributed by atoms with van der Waals surface area (Å²) in [7, 11) is -3.75. The summed E-state index contributed by atoms with van der Waals surface area (Å²) in [4.78, 5) is 16.0. The summed E-state index contributed by atoms with van der Waals surface area (Å²) in [6.45, 7) is 2.02. The fourth-order valence-electron chi connectivity index (χ4n) is 3.62. The van der Waals surface area contributed by atoms with Gasteiger partial charge in [-0.1, -0.05) is 46.9 Å². The van der Waals surface area contributed by atoms with Gasteiger partial charge in [-0.2, -0.15) is 0 Å². The summed E-state index contributed by atoms with van der Waals surface area (Å²) >= 11 is 20.4. The molecule has 0 radical (unpaired) electrons. The molecular weight excluding hydrogens is 549 g/mol. The normalized spacial score (nSPS) is 15.5. The lowest BCUT2D eigenvalue weighted by Gasteiger charge is -2.37. The van der Waals surface area contributed by atoms with Gasteiger partial charge >= 0.3 is 0 Å². The fraction of sp³-hybridized carbons (Fsp3) is 0.250. The van der Waals surface area contributed by atoms with E-state index in [1.165, 1.54) is 8.87 Å². The van der Waals surface area contributed by atoms with Crippen molar-refractivity contribution in [3.05, 3.63) is 59.2 Å². The van der Waals surface area contributed by atoms with Crippen LogP contribution in [0, 0.1) is 0 Å². The van der Waals surface area contributed by atoms with Crippen molar-refractivity contribution in [3.8, 4) is 0 Å². The second-order valence-corrected chi connectivity index (χ2v) is 12.0. The van der Waals surface area contributed by atoms with Gasteiger partial charge in [0, 0.05) is 47.9 Å². The number of aromatic nitrogens is 1. The lowest BCUT2D eigenvalue weighted by atomic mass is 10.2. The first-order chi connectivity index (χ1) is 14.6. The number of anilines is 1. The number of rotatable bonds is 3. The van der Waals surface area contributed by atoms with Crippen LogP contribution in [0.25, 0.3) is 10.9 Å². The highest BCUT2D eigenvalue weighted by Crippen LogP contribution is 2.31. The van der Waals surface area contributed by atoms with Gasteiger partial charge in [0.1, 0.15) is 4.90 Å². The summed E-state index contributed by atoms with van der Waals surface area (Å²) in [6.07, 6.45) is 1.56. The minimum atomic E-state index is -3.75. The highest BCUT2D eigenvalue weighted by molar-refractivity contribution is 9.10. The van der Waals surface area contributed by atoms with Gasteiger partial charge in [-0.25, -0.2) is 12.4 Å². The predicted octanol–water partition coefficient (Wildman–Crippen LogP) is 4.66. The number of hydrogen-bond acceptors (Lipinski definition) is 4. The third-order valence-electron chi connectivity index (χ3n) is 5.19. The number of nitrogens with zero attached hydrogens (tertiary/aromatic N) is 3. The molecule has 1 aliphatic heterocycles. The van der Waals surface area contributed by atoms with Crippen LogP contribution in [0.5, 0.6) is 0 Å². The smallest absolute Gasteiger partial charge is 0.274 e. The van der Waals surface area contributed by atoms with Crippen molar-refractivity contribution in [2.45, 2.75) is 8.69 Å². The van der Waals surface area contributed by atoms with E-state index in [2.05, 4.69) is 20.8 Å². The average Bonchev–Trinajstić information content (AvgIpc) is 3.17. The number of hydrogen-bond donors (Lipinski definition) is 0. The molecule has 2 aromatic carbocycles. The number of alkyl halides is 3. The molecule has 1 aliphatic rings. The Hall–Kier alpha value is -1.45. The Bertz CT molecular complexity index is 1250. The second kappa shape index (κ2) is 8.48. The number of carbonyl (C=O) groups is 1. The van der Waals surface area contributed by atoms with E-state index in [1.807, 2.05) is 12.1 Å². The lowest BCUT2D eigenvalue weighted by molar-refractivity contribution is -0.130. The molecule has 31 heavy (non-hydrogen) atoms. The predicted molar refractivity (Wildman–Crippen MR) is 128 cm³/mol. The van der Waals surface area contributed by atoms with Crippen molar-refractivity contribution in [2.75, 3.05) is 31.1 Å². The summed E-state index contributed by atoms with van der Waals surface area (Å²) < 4.78 is 26.1. The van der Waals surface area contributed by atoms with Gasteiger partial charge in [0.05, 0.1) is 5.52 Å². The Morgan fingerprint density at radius 3 is 2.29 bits per heavy atom. The van der Waals surface area contributed by atoms with Gasteiger partial charge < -0.3 is 9.80 Å². The largest absolute Gasteiger partial charge is 0.368 e. The van der Waals surface area contributed by atoms with Crippen LogP contribution in [-0.2, 0) is 14.8 Å². The van der Waals surface area contributed by atoms with Crippen LogP contribution < -0.4 is 4.90 Å². The molecule has 0 N–H and O–H groups in total. The van der Waals surface area contributed by atoms with Gasteiger partial charge in [0.2, 0.25) is 0 Å². The lowest BCUT2D eigenvalue weighted by Crippen LogP contribution is -2.51. The van der Waals surface area contributed by atoms with E-state index in [1.54, 1.807) is 42.6 Å². The Morgan fingerprint density at radius 2 is 1.65 bits per heavy atom. The molecular formula is C20H17BrCl3N3O3S. The van der Waals surface area contributed by atoms with E-state index < -0.39 is 19.7 Å². The van der Waals surface area contributed by atoms with E-state index in [9.17, 15) is 13.2 Å². The molecule has 6 nitrogen and oxygen atoms in total. The molecule has 1 amide bonds. The van der Waals surface area contributed by atoms with Crippen LogP contribution in [0.4, 0.5) is 5.69 Å². The van der Waals surface area contributed by atoms with Crippen molar-refractivity contribution in [2.24, 2.45) is 0 Å². The fourth-order valence-corrected chi connectivity index (χ4v) is 6.30. The molecule has 164 valence electrons. The van der Waals surface area contributed by atoms with Gasteiger partial charge in [-0.3, -0.25) is 4.79 Å². The zero-order valence-electron chi connectivity index (χ0n) is 16.0. The molecule has 0 spiro atoms. The number of piperazine rings is 1. The molecule has 0 atom stereocenters. The van der Waals surface area contributed by atoms with Crippen LogP contribution in [0.3, 0.4) is 0 Å². The van der Waals surface area contributed by atoms with Gasteiger partial charge in [0.15, 0.2) is 0 Å². The molecule has 0 bridgehead atoms. The molecule has 11 heteroatoms. The Morgan fingerprint density at radius 1 is 0.968 bits per heavy atom. The molecule has 3 aromatic rings. The Balaban J connectivity index is 1.58. The Kier molecular flexibility index (Phi) is 6.22. The first-order valence-electron chi connectivity index (χ1n) is 9.31. The topological polar surface area (TPSA) is 62.6 Å². The van der Waals surface area contributed by atoms with Gasteiger partial charge in [0.25, 0.3) is 19.7 Å². The third-order valence-corrected chi connectivity index (χ3v) is 8.37. The first-order valence-corrected chi connectivity index (χ1v) is 12.7. The Labute approximate surface area is 203 Å². The molecule has 0 saturated carbocycles. The van der Waals surface area contributed by atoms with Crippen LogP contribution in [0.15, 0.2) is 64.1 Å². The minimum Gasteiger partial charge on any atom is -0.368 e. The van der Waals surface area contributed by atoms with Crippen LogP contribution in [0.1, 0.15) is 0 Å². The van der Waals surface area contributed by atoms with Crippen molar-refractivity contribution >= 4 is 83.3 Å². The zero-order valence-corrected chi connectivity index (χ0v) is 20.7. The minimum absolute atomic E-state index is 0.200. The van der Waals surface area contributed by atoms with Crippen LogP contribution in [0.2, 0.25) is 0 Å². The van der Waals surface area contributed by atoms with E-state index in [-0.39, 0.29) is 4.90 Å². The third kappa shape index (κ3) is 4.41. The van der Waals surface area contributed by atoms with Crippen LogP contribution in [-0.4, -0.2) is 53.2 Å². The number of halogens is 4. The quantitative estimate of drug-likeness (QED) is 0.434. The highest BCUT2D eigenvalue weighted by Gasteiger charge is 2.36. The van der Waals surface area contributed by atoms with Gasteiger partial charge in [-0.05, 0) is 52.3 Å². The molecule has 0 aliphatic carbocycles. The summed E-state index contributed by atoms with van der Waals surface area (Å²) in [5, 5.41) is 0.799. The average molecular weight is 566 g/mol. The summed E-state index contributed by atoms with van der Waals surface area (Å²) in [5.74, 6) is -0.526. The van der Waals surface area contributed by atoms with Gasteiger partial charge in [-0.15, -0.1) is 0 Å². The highest BCUT2D eigenvalue weighted by atomic mass is 79.9. The molecule has 1 saturated heterocycles. The van der Waals surface area contributed by atoms with Crippen molar-refractivity contribution in [1.29, 1.82) is 0 Å². The summed E-state index contributed by atoms with van der Waals surface area (Å²) in [5.41, 5.74) is 1.52. The van der Waals surface area contributed by atoms with E-state index >= 15 is 0 Å². The number of fused-ring (bicyclic) bond motifs is 1. The van der Waals surface area contributed by atoms with Crippen molar-refractivity contribution in [3.63, 3.8) is 0 Å². The SMILES string of the molecule is O=C(N1CCN(c2ccc3c(ccn3S(=O)(=O)c3ccccc3Br)c2)CC1)C(Cl)(Cl)Cl. The summed E-state index contributed by atoms with van der Waals surface area (Å²) in [6, 6.07) is 14.1. The maximum Gasteiger partial charge on any atom is 0.274 e. The monoisotopic (exact) mass is 563 g/mol. The molecule has 2 heterocycles. The standard InChI is InChI=1S/C20H17BrCl3N3O3S/c21-16-3-1-2-4-18(16)31(29,30)27-8-7-14-13-15(5-6-17(14)27)25-9-11-26(12-10-25)19(28)20(22,23)24/h1-8,13H,9-12H2. The number of amides is 1. The molecule has 1 aromatic heterocycles. The number of carbonyl (C=O) groups excluding carboxylic acids is 1. The van der Waals surface area contributed by atoms with Crippen molar-refractivity contribution in [1.82, 2.24) is 8.87 Å². The van der Waals surface area contributed by atoms with Crippen LogP contribution >= 0.6 is 50.7 Å².